The van der Waals surface area contributed by atoms with Crippen molar-refractivity contribution in [3.05, 3.63) is 29.3 Å². The number of nitrogens with two attached hydrogens (primary N) is 1. The molecule has 0 bridgehead atoms. The van der Waals surface area contributed by atoms with Crippen molar-refractivity contribution in [2.24, 2.45) is 5.73 Å². The van der Waals surface area contributed by atoms with E-state index in [0.29, 0.717) is 18.1 Å². The largest absolute Gasteiger partial charge is 0.508 e. The molecule has 1 saturated heterocycles. The van der Waals surface area contributed by atoms with Gasteiger partial charge >= 0.3 is 0 Å². The third-order valence-corrected chi connectivity index (χ3v) is 4.11. The highest BCUT2D eigenvalue weighted by Gasteiger charge is 2.22. The zero-order valence-electron chi connectivity index (χ0n) is 12.1. The molecule has 20 heavy (non-hydrogen) atoms. The van der Waals surface area contributed by atoms with Crippen molar-refractivity contribution in [2.45, 2.75) is 38.5 Å². The summed E-state index contributed by atoms with van der Waals surface area (Å²) in [7, 11) is 0. The first-order valence-electron chi connectivity index (χ1n) is 7.36. The highest BCUT2D eigenvalue weighted by atomic mass is 16.3. The number of primary amides is 1. The minimum Gasteiger partial charge on any atom is -0.508 e. The average Bonchev–Trinajstić information content (AvgIpc) is 2.39. The van der Waals surface area contributed by atoms with Gasteiger partial charge in [-0.2, -0.15) is 0 Å². The van der Waals surface area contributed by atoms with Gasteiger partial charge in [0.25, 0.3) is 0 Å². The van der Waals surface area contributed by atoms with Gasteiger partial charge in [-0.05, 0) is 68.9 Å². The van der Waals surface area contributed by atoms with E-state index in [1.807, 2.05) is 13.0 Å². The van der Waals surface area contributed by atoms with Gasteiger partial charge in [0, 0.05) is 6.42 Å². The Morgan fingerprint density at radius 2 is 2.10 bits per heavy atom. The van der Waals surface area contributed by atoms with E-state index in [0.717, 1.165) is 50.0 Å². The van der Waals surface area contributed by atoms with E-state index < -0.39 is 0 Å². The summed E-state index contributed by atoms with van der Waals surface area (Å²) < 4.78 is 0. The van der Waals surface area contributed by atoms with Crippen molar-refractivity contribution in [1.29, 1.82) is 0 Å². The number of rotatable bonds is 5. The number of phenols is 1. The quantitative estimate of drug-likeness (QED) is 0.866. The highest BCUT2D eigenvalue weighted by molar-refractivity contribution is 5.73. The van der Waals surface area contributed by atoms with Crippen LogP contribution in [0.2, 0.25) is 0 Å². The number of piperidine rings is 1. The average molecular weight is 276 g/mol. The SMILES string of the molecule is Cc1ccc(C2CCN(CCCC(N)=O)CC2)c(O)c1. The predicted octanol–water partition coefficient (Wildman–Crippen LogP) is 2.15. The summed E-state index contributed by atoms with van der Waals surface area (Å²) in [5.74, 6) is 0.657. The lowest BCUT2D eigenvalue weighted by atomic mass is 9.88. The molecule has 1 aromatic rings. The summed E-state index contributed by atoms with van der Waals surface area (Å²) >= 11 is 0. The molecule has 1 fully saturated rings. The number of likely N-dealkylation sites (tertiary alicyclic amines) is 1. The zero-order chi connectivity index (χ0) is 14.5. The van der Waals surface area contributed by atoms with Crippen LogP contribution in [-0.2, 0) is 4.79 Å². The molecule has 3 N–H and O–H groups in total. The van der Waals surface area contributed by atoms with Crippen LogP contribution >= 0.6 is 0 Å². The molecule has 0 aliphatic carbocycles. The van der Waals surface area contributed by atoms with E-state index in [9.17, 15) is 9.90 Å². The number of carbonyl (C=O) groups is 1. The molecule has 0 spiro atoms. The Bertz CT molecular complexity index is 466. The summed E-state index contributed by atoms with van der Waals surface area (Å²) in [6.45, 7) is 4.98. The van der Waals surface area contributed by atoms with E-state index in [-0.39, 0.29) is 5.91 Å². The monoisotopic (exact) mass is 276 g/mol. The summed E-state index contributed by atoms with van der Waals surface area (Å²) in [4.78, 5) is 13.1. The number of hydrogen-bond acceptors (Lipinski definition) is 3. The van der Waals surface area contributed by atoms with Gasteiger partial charge < -0.3 is 15.7 Å². The van der Waals surface area contributed by atoms with Crippen molar-refractivity contribution < 1.29 is 9.90 Å². The number of aryl methyl sites for hydroxylation is 1. The van der Waals surface area contributed by atoms with Crippen molar-refractivity contribution in [1.82, 2.24) is 4.90 Å². The van der Waals surface area contributed by atoms with Gasteiger partial charge in [-0.15, -0.1) is 0 Å². The Morgan fingerprint density at radius 1 is 1.40 bits per heavy atom. The van der Waals surface area contributed by atoms with E-state index in [2.05, 4.69) is 17.0 Å². The van der Waals surface area contributed by atoms with Crippen molar-refractivity contribution in [2.75, 3.05) is 19.6 Å². The molecule has 0 saturated carbocycles. The second kappa shape index (κ2) is 6.75. The molecule has 0 unspecified atom stereocenters. The van der Waals surface area contributed by atoms with Crippen LogP contribution < -0.4 is 5.73 Å². The molecule has 1 aliphatic heterocycles. The molecule has 1 aromatic carbocycles. The molecule has 110 valence electrons. The number of nitrogens with zero attached hydrogens (tertiary/aromatic N) is 1. The molecular formula is C16H24N2O2. The van der Waals surface area contributed by atoms with Crippen LogP contribution in [0.1, 0.15) is 42.7 Å². The standard InChI is InChI=1S/C16H24N2O2/c1-12-4-5-14(15(19)11-12)13-6-9-18(10-7-13)8-2-3-16(17)20/h4-5,11,13,19H,2-3,6-10H2,1H3,(H2,17,20). The lowest BCUT2D eigenvalue weighted by molar-refractivity contribution is -0.118. The van der Waals surface area contributed by atoms with Crippen LogP contribution in [0.15, 0.2) is 18.2 Å². The fourth-order valence-electron chi connectivity index (χ4n) is 2.94. The lowest BCUT2D eigenvalue weighted by Crippen LogP contribution is -2.34. The van der Waals surface area contributed by atoms with E-state index >= 15 is 0 Å². The number of amides is 1. The summed E-state index contributed by atoms with van der Waals surface area (Å²) in [5, 5.41) is 10.0. The third kappa shape index (κ3) is 3.97. The Kier molecular flexibility index (Phi) is 5.01. The second-order valence-electron chi connectivity index (χ2n) is 5.75. The van der Waals surface area contributed by atoms with E-state index in [1.54, 1.807) is 0 Å². The Morgan fingerprint density at radius 3 is 2.70 bits per heavy atom. The minimum atomic E-state index is -0.218. The Labute approximate surface area is 120 Å². The molecule has 0 atom stereocenters. The molecule has 1 heterocycles. The molecule has 4 nitrogen and oxygen atoms in total. The van der Waals surface area contributed by atoms with Crippen LogP contribution in [0.4, 0.5) is 0 Å². The van der Waals surface area contributed by atoms with Gasteiger partial charge in [-0.3, -0.25) is 4.79 Å². The topological polar surface area (TPSA) is 66.6 Å². The first-order valence-corrected chi connectivity index (χ1v) is 7.36. The Hall–Kier alpha value is -1.55. The minimum absolute atomic E-state index is 0.218. The maximum absolute atomic E-state index is 10.7. The number of benzene rings is 1. The summed E-state index contributed by atoms with van der Waals surface area (Å²) in [5.41, 5.74) is 7.32. The van der Waals surface area contributed by atoms with Gasteiger partial charge in [-0.25, -0.2) is 0 Å². The maximum Gasteiger partial charge on any atom is 0.217 e. The van der Waals surface area contributed by atoms with E-state index in [1.165, 1.54) is 0 Å². The number of hydrogen-bond donors (Lipinski definition) is 2. The molecule has 0 radical (unpaired) electrons. The van der Waals surface area contributed by atoms with Gasteiger partial charge in [0.2, 0.25) is 5.91 Å². The van der Waals surface area contributed by atoms with Gasteiger partial charge in [0.05, 0.1) is 0 Å². The van der Waals surface area contributed by atoms with Crippen LogP contribution in [-0.4, -0.2) is 35.5 Å². The smallest absolute Gasteiger partial charge is 0.217 e. The highest BCUT2D eigenvalue weighted by Crippen LogP contribution is 2.34. The van der Waals surface area contributed by atoms with Crippen molar-refractivity contribution in [3.63, 3.8) is 0 Å². The Balaban J connectivity index is 1.83. The first-order chi connectivity index (χ1) is 9.56. The molecule has 2 rings (SSSR count). The number of phenolic OH excluding ortho intramolecular Hbond substituents is 1. The van der Waals surface area contributed by atoms with Crippen molar-refractivity contribution in [3.8, 4) is 5.75 Å². The van der Waals surface area contributed by atoms with Crippen LogP contribution in [0, 0.1) is 6.92 Å². The molecular weight excluding hydrogens is 252 g/mol. The first kappa shape index (κ1) is 14.9. The third-order valence-electron chi connectivity index (χ3n) is 4.11. The van der Waals surface area contributed by atoms with Crippen LogP contribution in [0.5, 0.6) is 5.75 Å². The molecule has 0 aromatic heterocycles. The second-order valence-corrected chi connectivity index (χ2v) is 5.75. The zero-order valence-corrected chi connectivity index (χ0v) is 12.1. The van der Waals surface area contributed by atoms with Crippen LogP contribution in [0.25, 0.3) is 0 Å². The molecule has 1 amide bonds. The van der Waals surface area contributed by atoms with Gasteiger partial charge in [0.15, 0.2) is 0 Å². The van der Waals surface area contributed by atoms with Gasteiger partial charge in [0.1, 0.15) is 5.75 Å². The van der Waals surface area contributed by atoms with Gasteiger partial charge in [-0.1, -0.05) is 12.1 Å². The van der Waals surface area contributed by atoms with Crippen molar-refractivity contribution >= 4 is 5.91 Å². The number of carbonyl (C=O) groups excluding carboxylic acids is 1. The van der Waals surface area contributed by atoms with Crippen LogP contribution in [0.3, 0.4) is 0 Å². The number of aromatic hydroxyl groups is 1. The summed E-state index contributed by atoms with van der Waals surface area (Å²) in [6, 6.07) is 5.96. The fourth-order valence-corrected chi connectivity index (χ4v) is 2.94. The maximum atomic E-state index is 10.7. The lowest BCUT2D eigenvalue weighted by Gasteiger charge is -2.32. The molecule has 4 heteroatoms. The fraction of sp³-hybridized carbons (Fsp3) is 0.562. The molecule has 1 aliphatic rings. The normalized spacial score (nSPS) is 17.2. The summed E-state index contributed by atoms with van der Waals surface area (Å²) in [6.07, 6.45) is 3.44. The van der Waals surface area contributed by atoms with E-state index in [4.69, 9.17) is 5.73 Å². The predicted molar refractivity (Wildman–Crippen MR) is 79.7 cm³/mol.